The molecule has 0 aromatic rings. The summed E-state index contributed by atoms with van der Waals surface area (Å²) in [6, 6.07) is -0.465. The first-order valence-corrected chi connectivity index (χ1v) is 3.60. The number of nitrogens with two attached hydrogens (primary N) is 1. The minimum absolute atomic E-state index is 0.0199. The van der Waals surface area contributed by atoms with E-state index in [-0.39, 0.29) is 10.8 Å². The van der Waals surface area contributed by atoms with Crippen LogP contribution in [-0.4, -0.2) is 11.3 Å². The van der Waals surface area contributed by atoms with Gasteiger partial charge in [-0.3, -0.25) is 0 Å². The standard InChI is InChI=1S/C6H9F2NS/c7-6(8)4-1-3(10)2-5(4)9/h3,5,10H,1-2,9H2/t3-,5-/m0/s1. The normalized spacial score (nSPS) is 33.0. The first-order valence-electron chi connectivity index (χ1n) is 3.09. The van der Waals surface area contributed by atoms with Gasteiger partial charge in [-0.05, 0) is 12.8 Å². The Morgan fingerprint density at radius 1 is 1.60 bits per heavy atom. The van der Waals surface area contributed by atoms with Crippen LogP contribution in [0.2, 0.25) is 0 Å². The van der Waals surface area contributed by atoms with E-state index in [9.17, 15) is 8.78 Å². The molecule has 1 rings (SSSR count). The van der Waals surface area contributed by atoms with Crippen LogP contribution in [0.1, 0.15) is 12.8 Å². The lowest BCUT2D eigenvalue weighted by molar-refractivity contribution is 0.405. The van der Waals surface area contributed by atoms with E-state index in [0.29, 0.717) is 12.8 Å². The van der Waals surface area contributed by atoms with Crippen molar-refractivity contribution >= 4 is 12.6 Å². The lowest BCUT2D eigenvalue weighted by atomic mass is 10.2. The number of rotatable bonds is 0. The molecule has 1 aliphatic carbocycles. The van der Waals surface area contributed by atoms with E-state index in [1.807, 2.05) is 0 Å². The first-order chi connectivity index (χ1) is 4.61. The summed E-state index contributed by atoms with van der Waals surface area (Å²) in [5.74, 6) is 0. The molecule has 0 aliphatic heterocycles. The third-order valence-electron chi connectivity index (χ3n) is 1.67. The van der Waals surface area contributed by atoms with Crippen LogP contribution in [0, 0.1) is 0 Å². The molecule has 0 aromatic carbocycles. The summed E-state index contributed by atoms with van der Waals surface area (Å²) in [5, 5.41) is 0.0199. The maximum absolute atomic E-state index is 11.9. The SMILES string of the molecule is N[C@H]1C[C@@H](S)CC1=C(F)F. The Morgan fingerprint density at radius 3 is 2.40 bits per heavy atom. The van der Waals surface area contributed by atoms with E-state index in [2.05, 4.69) is 12.6 Å². The third kappa shape index (κ3) is 1.49. The Bertz CT molecular complexity index is 165. The summed E-state index contributed by atoms with van der Waals surface area (Å²) in [6.45, 7) is 0. The van der Waals surface area contributed by atoms with Crippen LogP contribution in [0.15, 0.2) is 11.7 Å². The van der Waals surface area contributed by atoms with Crippen LogP contribution < -0.4 is 5.73 Å². The molecule has 2 N–H and O–H groups in total. The molecule has 1 nitrogen and oxygen atoms in total. The van der Waals surface area contributed by atoms with Gasteiger partial charge in [-0.15, -0.1) is 0 Å². The molecule has 0 heterocycles. The van der Waals surface area contributed by atoms with Crippen molar-refractivity contribution in [2.24, 2.45) is 5.73 Å². The van der Waals surface area contributed by atoms with Gasteiger partial charge in [-0.1, -0.05) is 0 Å². The zero-order valence-electron chi connectivity index (χ0n) is 5.35. The highest BCUT2D eigenvalue weighted by Gasteiger charge is 2.27. The summed E-state index contributed by atoms with van der Waals surface area (Å²) >= 11 is 4.06. The van der Waals surface area contributed by atoms with Gasteiger partial charge < -0.3 is 5.73 Å². The van der Waals surface area contributed by atoms with E-state index in [0.717, 1.165) is 0 Å². The summed E-state index contributed by atoms with van der Waals surface area (Å²) in [5.41, 5.74) is 5.47. The second-order valence-electron chi connectivity index (χ2n) is 2.49. The number of hydrogen-bond donors (Lipinski definition) is 2. The van der Waals surface area contributed by atoms with Crippen molar-refractivity contribution in [3.63, 3.8) is 0 Å². The molecule has 1 aliphatic rings. The number of hydrogen-bond acceptors (Lipinski definition) is 2. The molecule has 0 amide bonds. The molecule has 0 bridgehead atoms. The van der Waals surface area contributed by atoms with Crippen molar-refractivity contribution in [3.05, 3.63) is 11.7 Å². The Kier molecular flexibility index (Phi) is 2.31. The minimum Gasteiger partial charge on any atom is -0.324 e. The lowest BCUT2D eigenvalue weighted by Gasteiger charge is -2.00. The third-order valence-corrected chi connectivity index (χ3v) is 2.07. The Labute approximate surface area is 63.7 Å². The lowest BCUT2D eigenvalue weighted by Crippen LogP contribution is -2.17. The van der Waals surface area contributed by atoms with Crippen molar-refractivity contribution in [1.82, 2.24) is 0 Å². The maximum Gasteiger partial charge on any atom is 0.271 e. The monoisotopic (exact) mass is 165 g/mol. The summed E-state index contributed by atoms with van der Waals surface area (Å²) in [4.78, 5) is 0. The van der Waals surface area contributed by atoms with Crippen molar-refractivity contribution in [2.75, 3.05) is 0 Å². The van der Waals surface area contributed by atoms with Gasteiger partial charge in [0.15, 0.2) is 0 Å². The molecule has 0 aromatic heterocycles. The van der Waals surface area contributed by atoms with E-state index >= 15 is 0 Å². The van der Waals surface area contributed by atoms with Gasteiger partial charge in [0, 0.05) is 16.9 Å². The van der Waals surface area contributed by atoms with Crippen LogP contribution in [0.4, 0.5) is 8.78 Å². The molecule has 10 heavy (non-hydrogen) atoms. The predicted molar refractivity (Wildman–Crippen MR) is 39.2 cm³/mol. The molecule has 2 atom stereocenters. The molecule has 0 radical (unpaired) electrons. The van der Waals surface area contributed by atoms with Crippen molar-refractivity contribution in [2.45, 2.75) is 24.1 Å². The molecule has 0 unspecified atom stereocenters. The molecule has 1 fully saturated rings. The zero-order valence-corrected chi connectivity index (χ0v) is 6.24. The van der Waals surface area contributed by atoms with E-state index in [1.54, 1.807) is 0 Å². The van der Waals surface area contributed by atoms with Crippen molar-refractivity contribution in [1.29, 1.82) is 0 Å². The fourth-order valence-corrected chi connectivity index (χ4v) is 1.57. The van der Waals surface area contributed by atoms with Gasteiger partial charge >= 0.3 is 0 Å². The first kappa shape index (κ1) is 8.01. The molecule has 4 heteroatoms. The van der Waals surface area contributed by atoms with Crippen molar-refractivity contribution < 1.29 is 8.78 Å². The fraction of sp³-hybridized carbons (Fsp3) is 0.667. The van der Waals surface area contributed by atoms with Crippen LogP contribution >= 0.6 is 12.6 Å². The average Bonchev–Trinajstić information content (AvgIpc) is 2.10. The van der Waals surface area contributed by atoms with Crippen LogP contribution in [0.25, 0.3) is 0 Å². The molecule has 0 spiro atoms. The highest BCUT2D eigenvalue weighted by atomic mass is 32.1. The largest absolute Gasteiger partial charge is 0.324 e. The van der Waals surface area contributed by atoms with Gasteiger partial charge in [0.05, 0.1) is 0 Å². The minimum atomic E-state index is -1.62. The van der Waals surface area contributed by atoms with Gasteiger partial charge in [0.2, 0.25) is 0 Å². The average molecular weight is 165 g/mol. The maximum atomic E-state index is 11.9. The summed E-state index contributed by atoms with van der Waals surface area (Å²) < 4.78 is 23.9. The smallest absolute Gasteiger partial charge is 0.271 e. The zero-order chi connectivity index (χ0) is 7.72. The molecular weight excluding hydrogens is 156 g/mol. The molecule has 0 saturated heterocycles. The summed E-state index contributed by atoms with van der Waals surface area (Å²) in [6.07, 6.45) is -0.716. The molecule has 1 saturated carbocycles. The highest BCUT2D eigenvalue weighted by Crippen LogP contribution is 2.30. The van der Waals surface area contributed by atoms with Crippen LogP contribution in [0.3, 0.4) is 0 Å². The Morgan fingerprint density at radius 2 is 2.20 bits per heavy atom. The number of halogens is 2. The van der Waals surface area contributed by atoms with Crippen molar-refractivity contribution in [3.8, 4) is 0 Å². The predicted octanol–water partition coefficient (Wildman–Crippen LogP) is 1.56. The van der Waals surface area contributed by atoms with E-state index < -0.39 is 12.1 Å². The topological polar surface area (TPSA) is 26.0 Å². The van der Waals surface area contributed by atoms with E-state index in [1.165, 1.54) is 0 Å². The Balaban J connectivity index is 2.73. The Hall–Kier alpha value is -0.0900. The van der Waals surface area contributed by atoms with Gasteiger partial charge in [0.25, 0.3) is 6.08 Å². The summed E-state index contributed by atoms with van der Waals surface area (Å²) in [7, 11) is 0. The second-order valence-corrected chi connectivity index (χ2v) is 3.22. The quantitative estimate of drug-likeness (QED) is 0.523. The van der Waals surface area contributed by atoms with E-state index in [4.69, 9.17) is 5.73 Å². The highest BCUT2D eigenvalue weighted by molar-refractivity contribution is 7.81. The van der Waals surface area contributed by atoms with Gasteiger partial charge in [0.1, 0.15) is 0 Å². The second kappa shape index (κ2) is 2.88. The fourth-order valence-electron chi connectivity index (χ4n) is 1.14. The van der Waals surface area contributed by atoms with Gasteiger partial charge in [-0.2, -0.15) is 21.4 Å². The number of thiol groups is 1. The van der Waals surface area contributed by atoms with Gasteiger partial charge in [-0.25, -0.2) is 0 Å². The van der Waals surface area contributed by atoms with Crippen LogP contribution in [0.5, 0.6) is 0 Å². The molecular formula is C6H9F2NS. The molecule has 58 valence electrons. The van der Waals surface area contributed by atoms with Crippen LogP contribution in [-0.2, 0) is 0 Å².